The van der Waals surface area contributed by atoms with Crippen LogP contribution >= 0.6 is 11.3 Å². The van der Waals surface area contributed by atoms with Gasteiger partial charge in [0.2, 0.25) is 0 Å². The second-order valence-electron chi connectivity index (χ2n) is 9.68. The molecule has 0 unspecified atom stereocenters. The molecule has 4 rings (SSSR count). The molecular weight excluding hydrogens is 432 g/mol. The lowest BCUT2D eigenvalue weighted by Crippen LogP contribution is -2.40. The zero-order chi connectivity index (χ0) is 23.6. The maximum atomic E-state index is 13.7. The molecule has 1 fully saturated rings. The van der Waals surface area contributed by atoms with E-state index >= 15 is 0 Å². The highest BCUT2D eigenvalue weighted by Crippen LogP contribution is 2.34. The topological polar surface area (TPSA) is 49.9 Å². The van der Waals surface area contributed by atoms with Gasteiger partial charge in [0.25, 0.3) is 5.91 Å². The Hall–Kier alpha value is -2.86. The Labute approximate surface area is 200 Å². The molecule has 2 aromatic carbocycles. The lowest BCUT2D eigenvalue weighted by atomic mass is 10.0. The van der Waals surface area contributed by atoms with Crippen molar-refractivity contribution < 1.29 is 14.3 Å². The maximum absolute atomic E-state index is 13.7. The van der Waals surface area contributed by atoms with Gasteiger partial charge in [-0.2, -0.15) is 0 Å². The Morgan fingerprint density at radius 2 is 1.61 bits per heavy atom. The smallest absolute Gasteiger partial charge is 0.410 e. The fourth-order valence-corrected chi connectivity index (χ4v) is 5.32. The molecule has 1 aliphatic heterocycles. The van der Waals surface area contributed by atoms with Crippen molar-refractivity contribution in [3.05, 3.63) is 70.1 Å². The van der Waals surface area contributed by atoms with Crippen LogP contribution in [0.5, 0.6) is 0 Å². The number of hydrogen-bond donors (Lipinski definition) is 0. The van der Waals surface area contributed by atoms with Gasteiger partial charge in [-0.15, -0.1) is 11.3 Å². The SMILES string of the molecule is Cc1ccc(Cc2c(C(=O)N3CCCN(C(=O)OC(C)(C)C)CC3)sc3ccccc23)cc1. The Balaban J connectivity index is 1.56. The summed E-state index contributed by atoms with van der Waals surface area (Å²) >= 11 is 1.57. The maximum Gasteiger partial charge on any atom is 0.410 e. The number of nitrogens with zero attached hydrogens (tertiary/aromatic N) is 2. The third kappa shape index (κ3) is 5.56. The molecule has 0 atom stereocenters. The molecule has 0 saturated carbocycles. The van der Waals surface area contributed by atoms with Crippen LogP contribution in [-0.2, 0) is 11.2 Å². The van der Waals surface area contributed by atoms with Crippen LogP contribution in [0.3, 0.4) is 0 Å². The average Bonchev–Trinajstić information content (AvgIpc) is 2.94. The summed E-state index contributed by atoms with van der Waals surface area (Å²) < 4.78 is 6.67. The van der Waals surface area contributed by atoms with Gasteiger partial charge in [0.05, 0.1) is 4.88 Å². The van der Waals surface area contributed by atoms with Crippen LogP contribution in [0.25, 0.3) is 10.1 Å². The van der Waals surface area contributed by atoms with E-state index in [1.807, 2.05) is 37.8 Å². The number of ether oxygens (including phenoxy) is 1. The Kier molecular flexibility index (Phi) is 6.75. The first-order valence-corrected chi connectivity index (χ1v) is 12.4. The normalized spacial score (nSPS) is 14.9. The highest BCUT2D eigenvalue weighted by molar-refractivity contribution is 7.21. The first-order valence-electron chi connectivity index (χ1n) is 11.5. The van der Waals surface area contributed by atoms with Gasteiger partial charge >= 0.3 is 6.09 Å². The van der Waals surface area contributed by atoms with Crippen molar-refractivity contribution in [1.29, 1.82) is 0 Å². The number of fused-ring (bicyclic) bond motifs is 1. The van der Waals surface area contributed by atoms with E-state index in [4.69, 9.17) is 4.74 Å². The van der Waals surface area contributed by atoms with E-state index in [1.54, 1.807) is 16.2 Å². The molecular formula is C27H32N2O3S. The van der Waals surface area contributed by atoms with Gasteiger partial charge in [0, 0.05) is 30.9 Å². The molecule has 5 nitrogen and oxygen atoms in total. The number of carbonyl (C=O) groups is 2. The summed E-state index contributed by atoms with van der Waals surface area (Å²) in [4.78, 5) is 30.6. The van der Waals surface area contributed by atoms with Crippen molar-refractivity contribution in [2.75, 3.05) is 26.2 Å². The number of aryl methyl sites for hydroxylation is 1. The third-order valence-corrected chi connectivity index (χ3v) is 7.03. The molecule has 0 aliphatic carbocycles. The highest BCUT2D eigenvalue weighted by atomic mass is 32.1. The van der Waals surface area contributed by atoms with Gasteiger partial charge in [0.1, 0.15) is 5.60 Å². The molecule has 33 heavy (non-hydrogen) atoms. The number of amides is 2. The Bertz CT molecular complexity index is 1140. The van der Waals surface area contributed by atoms with Gasteiger partial charge in [-0.1, -0.05) is 48.0 Å². The van der Waals surface area contributed by atoms with Crippen LogP contribution in [0, 0.1) is 6.92 Å². The number of rotatable bonds is 3. The molecule has 0 N–H and O–H groups in total. The van der Waals surface area contributed by atoms with E-state index in [1.165, 1.54) is 11.1 Å². The number of carbonyl (C=O) groups excluding carboxylic acids is 2. The van der Waals surface area contributed by atoms with Crippen LogP contribution in [0.15, 0.2) is 48.5 Å². The third-order valence-electron chi connectivity index (χ3n) is 5.83. The molecule has 0 spiro atoms. The molecule has 0 radical (unpaired) electrons. The quantitative estimate of drug-likeness (QED) is 0.486. The minimum absolute atomic E-state index is 0.0596. The van der Waals surface area contributed by atoms with E-state index in [2.05, 4.69) is 43.3 Å². The van der Waals surface area contributed by atoms with Crippen LogP contribution in [0.1, 0.15) is 53.6 Å². The van der Waals surface area contributed by atoms with E-state index in [-0.39, 0.29) is 12.0 Å². The van der Waals surface area contributed by atoms with Crippen LogP contribution < -0.4 is 0 Å². The van der Waals surface area contributed by atoms with Crippen LogP contribution in [0.2, 0.25) is 0 Å². The summed E-state index contributed by atoms with van der Waals surface area (Å²) in [6.45, 7) is 9.92. The summed E-state index contributed by atoms with van der Waals surface area (Å²) in [5.41, 5.74) is 2.99. The standard InChI is InChI=1S/C27H32N2O3S/c1-19-10-12-20(13-11-19)18-22-21-8-5-6-9-23(21)33-24(22)25(30)28-14-7-15-29(17-16-28)26(31)32-27(2,3)4/h5-6,8-13H,7,14-18H2,1-4H3. The molecule has 1 aliphatic rings. The molecule has 1 aromatic heterocycles. The predicted molar refractivity (Wildman–Crippen MR) is 134 cm³/mol. The van der Waals surface area contributed by atoms with Crippen molar-refractivity contribution in [2.45, 2.75) is 46.1 Å². The molecule has 2 amide bonds. The van der Waals surface area contributed by atoms with Crippen molar-refractivity contribution in [2.24, 2.45) is 0 Å². The first kappa shape index (κ1) is 23.3. The Morgan fingerprint density at radius 3 is 2.33 bits per heavy atom. The summed E-state index contributed by atoms with van der Waals surface area (Å²) in [6, 6.07) is 16.8. The predicted octanol–water partition coefficient (Wildman–Crippen LogP) is 5.88. The highest BCUT2D eigenvalue weighted by Gasteiger charge is 2.28. The molecule has 1 saturated heterocycles. The first-order chi connectivity index (χ1) is 15.7. The molecule has 0 bridgehead atoms. The van der Waals surface area contributed by atoms with E-state index in [9.17, 15) is 9.59 Å². The zero-order valence-corrected chi connectivity index (χ0v) is 20.7. The number of hydrogen-bond acceptors (Lipinski definition) is 4. The molecule has 174 valence electrons. The van der Waals surface area contributed by atoms with Gasteiger partial charge < -0.3 is 14.5 Å². The van der Waals surface area contributed by atoms with E-state index < -0.39 is 5.60 Å². The monoisotopic (exact) mass is 464 g/mol. The summed E-state index contributed by atoms with van der Waals surface area (Å²) in [5.74, 6) is 0.0596. The van der Waals surface area contributed by atoms with E-state index in [0.29, 0.717) is 26.2 Å². The second-order valence-corrected chi connectivity index (χ2v) is 10.7. The van der Waals surface area contributed by atoms with Crippen molar-refractivity contribution in [1.82, 2.24) is 9.80 Å². The fraction of sp³-hybridized carbons (Fsp3) is 0.407. The van der Waals surface area contributed by atoms with Crippen molar-refractivity contribution in [3.63, 3.8) is 0 Å². The van der Waals surface area contributed by atoms with Crippen molar-refractivity contribution in [3.8, 4) is 0 Å². The largest absolute Gasteiger partial charge is 0.444 e. The van der Waals surface area contributed by atoms with Crippen molar-refractivity contribution >= 4 is 33.4 Å². The minimum atomic E-state index is -0.527. The zero-order valence-electron chi connectivity index (χ0n) is 19.9. The summed E-state index contributed by atoms with van der Waals surface area (Å²) in [7, 11) is 0. The van der Waals surface area contributed by atoms with Crippen LogP contribution in [-0.4, -0.2) is 53.6 Å². The van der Waals surface area contributed by atoms with Crippen LogP contribution in [0.4, 0.5) is 4.79 Å². The Morgan fingerprint density at radius 1 is 0.939 bits per heavy atom. The van der Waals surface area contributed by atoms with E-state index in [0.717, 1.165) is 33.4 Å². The second kappa shape index (κ2) is 9.56. The molecule has 6 heteroatoms. The summed E-state index contributed by atoms with van der Waals surface area (Å²) in [5, 5.41) is 1.15. The lowest BCUT2D eigenvalue weighted by Gasteiger charge is -2.26. The molecule has 2 heterocycles. The minimum Gasteiger partial charge on any atom is -0.444 e. The number of benzene rings is 2. The van der Waals surface area contributed by atoms with Gasteiger partial charge in [0.15, 0.2) is 0 Å². The summed E-state index contributed by atoms with van der Waals surface area (Å²) in [6.07, 6.45) is 1.16. The van der Waals surface area contributed by atoms with Gasteiger partial charge in [-0.05, 0) is 63.1 Å². The van der Waals surface area contributed by atoms with Gasteiger partial charge in [-0.25, -0.2) is 4.79 Å². The number of thiophene rings is 1. The van der Waals surface area contributed by atoms with Gasteiger partial charge in [-0.3, -0.25) is 4.79 Å². The average molecular weight is 465 g/mol. The molecule has 3 aromatic rings. The fourth-order valence-electron chi connectivity index (χ4n) is 4.13. The lowest BCUT2D eigenvalue weighted by molar-refractivity contribution is 0.0255.